The van der Waals surface area contributed by atoms with E-state index < -0.39 is 11.4 Å². The Balaban J connectivity index is 2.20. The lowest BCUT2D eigenvalue weighted by molar-refractivity contribution is -0.146. The molecule has 0 spiro atoms. The number of carbonyl (C=O) groups is 1. The first-order chi connectivity index (χ1) is 10.8. The number of methoxy groups -OCH3 is 1. The quantitative estimate of drug-likeness (QED) is 0.873. The first-order valence-electron chi connectivity index (χ1n) is 8.08. The van der Waals surface area contributed by atoms with Gasteiger partial charge in [0.05, 0.1) is 12.5 Å². The minimum absolute atomic E-state index is 0.144. The van der Waals surface area contributed by atoms with Crippen LogP contribution in [0.2, 0.25) is 0 Å². The number of benzene rings is 1. The zero-order chi connectivity index (χ0) is 17.0. The van der Waals surface area contributed by atoms with E-state index in [1.54, 1.807) is 21.0 Å². The summed E-state index contributed by atoms with van der Waals surface area (Å²) in [6.45, 7) is 5.44. The van der Waals surface area contributed by atoms with Crippen molar-refractivity contribution in [2.45, 2.75) is 39.2 Å². The number of piperidine rings is 1. The summed E-state index contributed by atoms with van der Waals surface area (Å²) >= 11 is 0. The summed E-state index contributed by atoms with van der Waals surface area (Å²) in [6.07, 6.45) is 2.69. The largest absolute Gasteiger partial charge is 0.493 e. The van der Waals surface area contributed by atoms with Crippen LogP contribution < -0.4 is 9.47 Å². The fourth-order valence-corrected chi connectivity index (χ4v) is 2.97. The topological polar surface area (TPSA) is 59.0 Å². The molecule has 1 atom stereocenters. The Hall–Kier alpha value is -1.75. The van der Waals surface area contributed by atoms with Crippen LogP contribution in [-0.4, -0.2) is 49.3 Å². The minimum atomic E-state index is -0.850. The lowest BCUT2D eigenvalue weighted by Crippen LogP contribution is -2.38. The number of hydrogen-bond donors (Lipinski definition) is 1. The van der Waals surface area contributed by atoms with Gasteiger partial charge in [-0.25, -0.2) is 0 Å². The molecular weight excluding hydrogens is 294 g/mol. The van der Waals surface area contributed by atoms with Crippen molar-refractivity contribution in [3.05, 3.63) is 23.8 Å². The van der Waals surface area contributed by atoms with Crippen LogP contribution in [0.15, 0.2) is 18.2 Å². The molecule has 5 nitrogen and oxygen atoms in total. The zero-order valence-corrected chi connectivity index (χ0v) is 14.5. The van der Waals surface area contributed by atoms with Gasteiger partial charge in [0.1, 0.15) is 6.10 Å². The van der Waals surface area contributed by atoms with Crippen LogP contribution in [0.1, 0.15) is 32.3 Å². The van der Waals surface area contributed by atoms with E-state index in [4.69, 9.17) is 9.47 Å². The van der Waals surface area contributed by atoms with E-state index in [1.807, 2.05) is 18.2 Å². The Morgan fingerprint density at radius 3 is 2.78 bits per heavy atom. The van der Waals surface area contributed by atoms with Crippen LogP contribution >= 0.6 is 0 Å². The average Bonchev–Trinajstić information content (AvgIpc) is 2.47. The van der Waals surface area contributed by atoms with Crippen LogP contribution in [0.25, 0.3) is 0 Å². The van der Waals surface area contributed by atoms with Gasteiger partial charge in [-0.15, -0.1) is 0 Å². The normalized spacial score (nSPS) is 19.4. The summed E-state index contributed by atoms with van der Waals surface area (Å²) in [4.78, 5) is 13.6. The fourth-order valence-electron chi connectivity index (χ4n) is 2.97. The Morgan fingerprint density at radius 2 is 2.17 bits per heavy atom. The number of carboxylic acids is 1. The molecule has 1 aliphatic heterocycles. The van der Waals surface area contributed by atoms with E-state index in [0.29, 0.717) is 17.9 Å². The van der Waals surface area contributed by atoms with Crippen LogP contribution in [-0.2, 0) is 11.2 Å². The Bertz CT molecular complexity index is 556. The molecule has 23 heavy (non-hydrogen) atoms. The second-order valence-electron chi connectivity index (χ2n) is 6.96. The number of hydrogen-bond acceptors (Lipinski definition) is 4. The highest BCUT2D eigenvalue weighted by atomic mass is 16.5. The lowest BCUT2D eigenvalue weighted by atomic mass is 9.85. The number of rotatable bonds is 6. The highest BCUT2D eigenvalue weighted by Gasteiger charge is 2.30. The standard InChI is InChI=1S/C18H27NO4/c1-18(2,17(20)21)11-13-7-5-9-15(16(13)22-4)23-14-8-6-10-19(3)12-14/h5,7,9,14H,6,8,10-12H2,1-4H3,(H,20,21). The van der Waals surface area contributed by atoms with E-state index in [2.05, 4.69) is 11.9 Å². The van der Waals surface area contributed by atoms with Gasteiger partial charge in [0.25, 0.3) is 0 Å². The fraction of sp³-hybridized carbons (Fsp3) is 0.611. The molecular formula is C18H27NO4. The molecule has 0 aliphatic carbocycles. The number of ether oxygens (including phenoxy) is 2. The van der Waals surface area contributed by atoms with Crippen molar-refractivity contribution < 1.29 is 19.4 Å². The number of likely N-dealkylation sites (N-methyl/N-ethyl adjacent to an activating group) is 1. The van der Waals surface area contributed by atoms with Crippen molar-refractivity contribution in [1.29, 1.82) is 0 Å². The maximum absolute atomic E-state index is 11.4. The Kier molecular flexibility index (Phi) is 5.52. The molecule has 1 saturated heterocycles. The highest BCUT2D eigenvalue weighted by Crippen LogP contribution is 2.36. The maximum Gasteiger partial charge on any atom is 0.309 e. The van der Waals surface area contributed by atoms with E-state index >= 15 is 0 Å². The van der Waals surface area contributed by atoms with Crippen LogP contribution in [0.4, 0.5) is 0 Å². The SMILES string of the molecule is COc1c(CC(C)(C)C(=O)O)cccc1OC1CCCN(C)C1. The predicted molar refractivity (Wildman–Crippen MR) is 89.3 cm³/mol. The van der Waals surface area contributed by atoms with Gasteiger partial charge in [-0.1, -0.05) is 12.1 Å². The van der Waals surface area contributed by atoms with Gasteiger partial charge in [-0.2, -0.15) is 0 Å². The second kappa shape index (κ2) is 7.21. The Labute approximate surface area is 138 Å². The highest BCUT2D eigenvalue weighted by molar-refractivity contribution is 5.74. The number of carboxylic acid groups (broad SMARTS) is 1. The summed E-state index contributed by atoms with van der Waals surface area (Å²) in [5.74, 6) is 0.529. The molecule has 1 N–H and O–H groups in total. The van der Waals surface area contributed by atoms with Gasteiger partial charge < -0.3 is 19.5 Å². The molecule has 0 amide bonds. The van der Waals surface area contributed by atoms with E-state index in [9.17, 15) is 9.90 Å². The van der Waals surface area contributed by atoms with Crippen LogP contribution in [0.5, 0.6) is 11.5 Å². The van der Waals surface area contributed by atoms with Gasteiger partial charge in [0.2, 0.25) is 0 Å². The monoisotopic (exact) mass is 321 g/mol. The van der Waals surface area contributed by atoms with Gasteiger partial charge in [0.15, 0.2) is 11.5 Å². The zero-order valence-electron chi connectivity index (χ0n) is 14.5. The molecule has 1 unspecified atom stereocenters. The number of likely N-dealkylation sites (tertiary alicyclic amines) is 1. The summed E-state index contributed by atoms with van der Waals surface area (Å²) < 4.78 is 11.7. The van der Waals surface area contributed by atoms with Gasteiger partial charge in [0, 0.05) is 6.54 Å². The first kappa shape index (κ1) is 17.6. The molecule has 1 aromatic rings. The average molecular weight is 321 g/mol. The molecule has 0 radical (unpaired) electrons. The molecule has 128 valence electrons. The molecule has 1 heterocycles. The third-order valence-electron chi connectivity index (χ3n) is 4.35. The lowest BCUT2D eigenvalue weighted by Gasteiger charge is -2.30. The van der Waals surface area contributed by atoms with Gasteiger partial charge >= 0.3 is 5.97 Å². The summed E-state index contributed by atoms with van der Waals surface area (Å²) in [5, 5.41) is 9.35. The van der Waals surface area contributed by atoms with E-state index in [0.717, 1.165) is 31.5 Å². The maximum atomic E-state index is 11.4. The smallest absolute Gasteiger partial charge is 0.309 e. The van der Waals surface area contributed by atoms with E-state index in [1.165, 1.54) is 0 Å². The molecule has 5 heteroatoms. The number of nitrogens with zero attached hydrogens (tertiary/aromatic N) is 1. The van der Waals surface area contributed by atoms with Crippen molar-refractivity contribution in [2.24, 2.45) is 5.41 Å². The summed E-state index contributed by atoms with van der Waals surface area (Å²) in [5.41, 5.74) is 0.0123. The molecule has 1 fully saturated rings. The van der Waals surface area contributed by atoms with E-state index in [-0.39, 0.29) is 6.10 Å². The molecule has 1 aliphatic rings. The van der Waals surface area contributed by atoms with Crippen molar-refractivity contribution in [1.82, 2.24) is 4.90 Å². The molecule has 1 aromatic carbocycles. The number of para-hydroxylation sites is 1. The summed E-state index contributed by atoms with van der Waals surface area (Å²) in [6, 6.07) is 5.70. The van der Waals surface area contributed by atoms with Gasteiger partial charge in [-0.05, 0) is 58.3 Å². The van der Waals surface area contributed by atoms with Crippen molar-refractivity contribution in [3.63, 3.8) is 0 Å². The molecule has 0 bridgehead atoms. The predicted octanol–water partition coefficient (Wildman–Crippen LogP) is 2.82. The van der Waals surface area contributed by atoms with Crippen molar-refractivity contribution >= 4 is 5.97 Å². The van der Waals surface area contributed by atoms with Gasteiger partial charge in [-0.3, -0.25) is 4.79 Å². The first-order valence-corrected chi connectivity index (χ1v) is 8.08. The minimum Gasteiger partial charge on any atom is -0.493 e. The molecule has 0 aromatic heterocycles. The van der Waals surface area contributed by atoms with Crippen molar-refractivity contribution in [2.75, 3.05) is 27.2 Å². The van der Waals surface area contributed by atoms with Crippen LogP contribution in [0.3, 0.4) is 0 Å². The summed E-state index contributed by atoms with van der Waals surface area (Å²) in [7, 11) is 3.70. The van der Waals surface area contributed by atoms with Crippen molar-refractivity contribution in [3.8, 4) is 11.5 Å². The third-order valence-corrected chi connectivity index (χ3v) is 4.35. The molecule has 0 saturated carbocycles. The van der Waals surface area contributed by atoms with Crippen LogP contribution in [0, 0.1) is 5.41 Å². The second-order valence-corrected chi connectivity index (χ2v) is 6.96. The Morgan fingerprint density at radius 1 is 1.43 bits per heavy atom. The number of aliphatic carboxylic acids is 1. The molecule has 2 rings (SSSR count). The third kappa shape index (κ3) is 4.38.